The Morgan fingerprint density at radius 1 is 1.21 bits per heavy atom. The summed E-state index contributed by atoms with van der Waals surface area (Å²) in [5, 5.41) is 6.63. The molecule has 0 bridgehead atoms. The van der Waals surface area contributed by atoms with Crippen LogP contribution in [0.1, 0.15) is 38.2 Å². The van der Waals surface area contributed by atoms with E-state index in [4.69, 9.17) is 0 Å². The van der Waals surface area contributed by atoms with E-state index in [1.807, 2.05) is 0 Å². The van der Waals surface area contributed by atoms with Gasteiger partial charge in [0.05, 0.1) is 0 Å². The number of hydrogen-bond acceptors (Lipinski definition) is 3. The Labute approximate surface area is 151 Å². The largest absolute Gasteiger partial charge is 0.353 e. The average Bonchev–Trinajstić information content (AvgIpc) is 2.59. The number of benzene rings is 1. The molecule has 2 aliphatic rings. The summed E-state index contributed by atoms with van der Waals surface area (Å²) >= 11 is 0. The summed E-state index contributed by atoms with van der Waals surface area (Å²) in [6.45, 7) is 6.31. The monoisotopic (exact) mass is 351 g/mol. The lowest BCUT2D eigenvalue weighted by atomic mass is 9.94. The molecule has 3 rings (SSSR count). The molecule has 4 nitrogen and oxygen atoms in total. The first-order valence-electron chi connectivity index (χ1n) is 9.01. The lowest BCUT2D eigenvalue weighted by molar-refractivity contribution is -0.126. The molecule has 1 aromatic rings. The van der Waals surface area contributed by atoms with E-state index in [1.54, 1.807) is 0 Å². The van der Waals surface area contributed by atoms with Crippen LogP contribution in [0, 0.1) is 5.92 Å². The molecule has 24 heavy (non-hydrogen) atoms. The van der Waals surface area contributed by atoms with Gasteiger partial charge in [-0.15, -0.1) is 12.4 Å². The van der Waals surface area contributed by atoms with Crippen molar-refractivity contribution >= 4 is 18.3 Å². The highest BCUT2D eigenvalue weighted by Crippen LogP contribution is 2.21. The molecule has 1 amide bonds. The molecule has 2 aliphatic heterocycles. The minimum absolute atomic E-state index is 0. The maximum Gasteiger partial charge on any atom is 0.223 e. The zero-order valence-corrected chi connectivity index (χ0v) is 15.4. The van der Waals surface area contributed by atoms with Crippen molar-refractivity contribution in [3.63, 3.8) is 0 Å². The minimum Gasteiger partial charge on any atom is -0.353 e. The molecule has 134 valence electrons. The van der Waals surface area contributed by atoms with Gasteiger partial charge in [0.25, 0.3) is 0 Å². The molecule has 0 saturated carbocycles. The van der Waals surface area contributed by atoms with Crippen LogP contribution in [0.4, 0.5) is 0 Å². The summed E-state index contributed by atoms with van der Waals surface area (Å²) < 4.78 is 0. The highest BCUT2D eigenvalue weighted by atomic mass is 35.5. The molecular formula is C19H30ClN3O. The van der Waals surface area contributed by atoms with Gasteiger partial charge in [0.2, 0.25) is 5.91 Å². The third-order valence-corrected chi connectivity index (χ3v) is 5.30. The summed E-state index contributed by atoms with van der Waals surface area (Å²) in [7, 11) is 0. The van der Waals surface area contributed by atoms with Crippen molar-refractivity contribution in [2.45, 2.75) is 51.2 Å². The van der Waals surface area contributed by atoms with Crippen LogP contribution in [0.2, 0.25) is 0 Å². The second-order valence-corrected chi connectivity index (χ2v) is 7.06. The van der Waals surface area contributed by atoms with E-state index in [2.05, 4.69) is 52.8 Å². The van der Waals surface area contributed by atoms with Crippen LogP contribution in [0.3, 0.4) is 0 Å². The van der Waals surface area contributed by atoms with Gasteiger partial charge in [0.15, 0.2) is 0 Å². The molecular weight excluding hydrogens is 322 g/mol. The standard InChI is InChI=1S/C19H29N3O.ClH/c1-15-13-18(21-19(23)17-7-10-20-11-8-17)9-12-22(15)14-16-5-3-2-4-6-16;/h2-6,15,17-18,20H,7-14H2,1H3,(H,21,23);1H. The Kier molecular flexibility index (Phi) is 7.53. The van der Waals surface area contributed by atoms with E-state index >= 15 is 0 Å². The molecule has 2 saturated heterocycles. The Morgan fingerprint density at radius 3 is 2.58 bits per heavy atom. The van der Waals surface area contributed by atoms with Crippen molar-refractivity contribution in [1.29, 1.82) is 0 Å². The zero-order valence-electron chi connectivity index (χ0n) is 14.5. The fraction of sp³-hybridized carbons (Fsp3) is 0.632. The summed E-state index contributed by atoms with van der Waals surface area (Å²) in [5.74, 6) is 0.495. The molecule has 1 aromatic carbocycles. The number of piperidine rings is 2. The fourth-order valence-corrected chi connectivity index (χ4v) is 3.81. The molecule has 0 aliphatic carbocycles. The van der Waals surface area contributed by atoms with Crippen LogP contribution in [0.25, 0.3) is 0 Å². The highest BCUT2D eigenvalue weighted by Gasteiger charge is 2.28. The number of carbonyl (C=O) groups excluding carboxylic acids is 1. The lowest BCUT2D eigenvalue weighted by Crippen LogP contribution is -2.50. The van der Waals surface area contributed by atoms with Crippen molar-refractivity contribution in [3.05, 3.63) is 35.9 Å². The molecule has 0 spiro atoms. The molecule has 5 heteroatoms. The smallest absolute Gasteiger partial charge is 0.223 e. The predicted molar refractivity (Wildman–Crippen MR) is 100 cm³/mol. The average molecular weight is 352 g/mol. The number of rotatable bonds is 4. The number of carbonyl (C=O) groups is 1. The SMILES string of the molecule is CC1CC(NC(=O)C2CCNCC2)CCN1Cc1ccccc1.Cl. The van der Waals surface area contributed by atoms with E-state index in [-0.39, 0.29) is 24.2 Å². The van der Waals surface area contributed by atoms with Crippen molar-refractivity contribution in [2.75, 3.05) is 19.6 Å². The first kappa shape index (κ1) is 19.2. The van der Waals surface area contributed by atoms with Crippen LogP contribution in [0.5, 0.6) is 0 Å². The number of amides is 1. The molecule has 2 fully saturated rings. The van der Waals surface area contributed by atoms with E-state index in [0.717, 1.165) is 51.9 Å². The molecule has 2 atom stereocenters. The van der Waals surface area contributed by atoms with Gasteiger partial charge in [-0.1, -0.05) is 30.3 Å². The summed E-state index contributed by atoms with van der Waals surface area (Å²) in [6, 6.07) is 11.5. The molecule has 0 radical (unpaired) electrons. The van der Waals surface area contributed by atoms with Crippen molar-refractivity contribution in [2.24, 2.45) is 5.92 Å². The third-order valence-electron chi connectivity index (χ3n) is 5.30. The minimum atomic E-state index is 0. The number of halogens is 1. The van der Waals surface area contributed by atoms with Crippen LogP contribution >= 0.6 is 12.4 Å². The van der Waals surface area contributed by atoms with E-state index < -0.39 is 0 Å². The maximum absolute atomic E-state index is 12.4. The van der Waals surface area contributed by atoms with Crippen LogP contribution in [0.15, 0.2) is 30.3 Å². The second kappa shape index (κ2) is 9.40. The number of nitrogens with zero attached hydrogens (tertiary/aromatic N) is 1. The topological polar surface area (TPSA) is 44.4 Å². The van der Waals surface area contributed by atoms with Gasteiger partial charge in [0.1, 0.15) is 0 Å². The zero-order chi connectivity index (χ0) is 16.1. The third kappa shape index (κ3) is 5.20. The van der Waals surface area contributed by atoms with Gasteiger partial charge in [-0.3, -0.25) is 9.69 Å². The quantitative estimate of drug-likeness (QED) is 0.876. The molecule has 0 aromatic heterocycles. The van der Waals surface area contributed by atoms with Crippen LogP contribution < -0.4 is 10.6 Å². The van der Waals surface area contributed by atoms with Crippen molar-refractivity contribution < 1.29 is 4.79 Å². The van der Waals surface area contributed by atoms with Gasteiger partial charge in [-0.25, -0.2) is 0 Å². The second-order valence-electron chi connectivity index (χ2n) is 7.06. The Balaban J connectivity index is 0.00000208. The first-order valence-corrected chi connectivity index (χ1v) is 9.01. The number of likely N-dealkylation sites (tertiary alicyclic amines) is 1. The number of hydrogen-bond donors (Lipinski definition) is 2. The Hall–Kier alpha value is -1.10. The highest BCUT2D eigenvalue weighted by molar-refractivity contribution is 5.85. The number of nitrogens with one attached hydrogen (secondary N) is 2. The van der Waals surface area contributed by atoms with Gasteiger partial charge in [0, 0.05) is 31.1 Å². The van der Waals surface area contributed by atoms with E-state index in [1.165, 1.54) is 5.56 Å². The fourth-order valence-electron chi connectivity index (χ4n) is 3.81. The van der Waals surface area contributed by atoms with Crippen molar-refractivity contribution in [1.82, 2.24) is 15.5 Å². The Morgan fingerprint density at radius 2 is 1.92 bits per heavy atom. The Bertz CT molecular complexity index is 505. The van der Waals surface area contributed by atoms with Crippen molar-refractivity contribution in [3.8, 4) is 0 Å². The molecule has 2 unspecified atom stereocenters. The maximum atomic E-state index is 12.4. The van der Waals surface area contributed by atoms with Gasteiger partial charge in [-0.2, -0.15) is 0 Å². The lowest BCUT2D eigenvalue weighted by Gasteiger charge is -2.38. The molecule has 2 N–H and O–H groups in total. The summed E-state index contributed by atoms with van der Waals surface area (Å²) in [5.41, 5.74) is 1.37. The first-order chi connectivity index (χ1) is 11.2. The summed E-state index contributed by atoms with van der Waals surface area (Å²) in [6.07, 6.45) is 4.08. The van der Waals surface area contributed by atoms with Gasteiger partial charge < -0.3 is 10.6 Å². The van der Waals surface area contributed by atoms with Gasteiger partial charge >= 0.3 is 0 Å². The van der Waals surface area contributed by atoms with Crippen LogP contribution in [-0.2, 0) is 11.3 Å². The van der Waals surface area contributed by atoms with Crippen LogP contribution in [-0.4, -0.2) is 42.5 Å². The van der Waals surface area contributed by atoms with E-state index in [0.29, 0.717) is 12.1 Å². The van der Waals surface area contributed by atoms with E-state index in [9.17, 15) is 4.79 Å². The summed E-state index contributed by atoms with van der Waals surface area (Å²) in [4.78, 5) is 14.9. The van der Waals surface area contributed by atoms with Gasteiger partial charge in [-0.05, 0) is 51.3 Å². The predicted octanol–water partition coefficient (Wildman–Crippen LogP) is 2.58. The molecule has 2 heterocycles. The normalized spacial score (nSPS) is 25.7.